The lowest BCUT2D eigenvalue weighted by atomic mass is 9.83. The largest absolute Gasteiger partial charge is 0.493 e. The van der Waals surface area contributed by atoms with Crippen molar-refractivity contribution in [2.45, 2.75) is 51.5 Å². The van der Waals surface area contributed by atoms with Crippen LogP contribution in [0.15, 0.2) is 39.3 Å². The smallest absolute Gasteiger partial charge is 0.257 e. The highest BCUT2D eigenvalue weighted by Gasteiger charge is 2.31. The van der Waals surface area contributed by atoms with Crippen LogP contribution in [-0.4, -0.2) is 30.3 Å². The van der Waals surface area contributed by atoms with Crippen LogP contribution in [0.2, 0.25) is 0 Å². The SMILES string of the molecule is COc1ccc(C)cc1OC(O)C(=O)C1CCC(NCc2cc(Br)cc(Br)c2N)CC1. The zero-order valence-corrected chi connectivity index (χ0v) is 20.8. The van der Waals surface area contributed by atoms with Gasteiger partial charge in [0.05, 0.1) is 12.8 Å². The fourth-order valence-electron chi connectivity index (χ4n) is 3.88. The number of carbonyl (C=O) groups is 1. The summed E-state index contributed by atoms with van der Waals surface area (Å²) < 4.78 is 12.6. The summed E-state index contributed by atoms with van der Waals surface area (Å²) in [6.07, 6.45) is 1.63. The molecule has 168 valence electrons. The topological polar surface area (TPSA) is 93.8 Å². The van der Waals surface area contributed by atoms with Crippen LogP contribution in [0.4, 0.5) is 5.69 Å². The van der Waals surface area contributed by atoms with Crippen molar-refractivity contribution in [2.75, 3.05) is 12.8 Å². The first-order chi connectivity index (χ1) is 14.8. The van der Waals surface area contributed by atoms with Crippen LogP contribution in [0.25, 0.3) is 0 Å². The molecule has 0 radical (unpaired) electrons. The monoisotopic (exact) mass is 554 g/mol. The number of halogens is 2. The lowest BCUT2D eigenvalue weighted by Crippen LogP contribution is -2.39. The zero-order valence-electron chi connectivity index (χ0n) is 17.7. The van der Waals surface area contributed by atoms with Crippen LogP contribution in [0.1, 0.15) is 36.8 Å². The molecule has 0 aromatic heterocycles. The molecule has 1 saturated carbocycles. The number of methoxy groups -OCH3 is 1. The first-order valence-corrected chi connectivity index (χ1v) is 11.9. The van der Waals surface area contributed by atoms with Crippen LogP contribution < -0.4 is 20.5 Å². The first-order valence-electron chi connectivity index (χ1n) is 10.3. The summed E-state index contributed by atoms with van der Waals surface area (Å²) in [4.78, 5) is 12.7. The van der Waals surface area contributed by atoms with Gasteiger partial charge >= 0.3 is 0 Å². The van der Waals surface area contributed by atoms with Crippen molar-refractivity contribution < 1.29 is 19.4 Å². The molecule has 1 unspecified atom stereocenters. The van der Waals surface area contributed by atoms with E-state index in [1.54, 1.807) is 12.1 Å². The number of ketones is 1. The third-order valence-corrected chi connectivity index (χ3v) is 6.81. The average molecular weight is 556 g/mol. The quantitative estimate of drug-likeness (QED) is 0.322. The number of nitrogens with two attached hydrogens (primary N) is 1. The van der Waals surface area contributed by atoms with Crippen LogP contribution >= 0.6 is 31.9 Å². The predicted octanol–water partition coefficient (Wildman–Crippen LogP) is 4.73. The van der Waals surface area contributed by atoms with Crippen molar-refractivity contribution in [3.8, 4) is 11.5 Å². The predicted molar refractivity (Wildman–Crippen MR) is 128 cm³/mol. The maximum atomic E-state index is 12.7. The van der Waals surface area contributed by atoms with Crippen LogP contribution in [0, 0.1) is 12.8 Å². The van der Waals surface area contributed by atoms with E-state index in [0.29, 0.717) is 36.9 Å². The van der Waals surface area contributed by atoms with Crippen molar-refractivity contribution in [3.63, 3.8) is 0 Å². The van der Waals surface area contributed by atoms with E-state index in [4.69, 9.17) is 15.2 Å². The number of aryl methyl sites for hydroxylation is 1. The summed E-state index contributed by atoms with van der Waals surface area (Å²) in [6, 6.07) is 9.63. The van der Waals surface area contributed by atoms with E-state index in [2.05, 4.69) is 37.2 Å². The normalized spacial score (nSPS) is 19.6. The average Bonchev–Trinajstić information content (AvgIpc) is 2.75. The lowest BCUT2D eigenvalue weighted by Gasteiger charge is -2.29. The van der Waals surface area contributed by atoms with Gasteiger partial charge in [0, 0.05) is 27.4 Å². The van der Waals surface area contributed by atoms with Crippen molar-refractivity contribution in [2.24, 2.45) is 5.92 Å². The summed E-state index contributed by atoms with van der Waals surface area (Å²) in [7, 11) is 1.53. The number of benzene rings is 2. The summed E-state index contributed by atoms with van der Waals surface area (Å²) in [5.74, 6) is 0.372. The van der Waals surface area contributed by atoms with Gasteiger partial charge in [0.15, 0.2) is 11.5 Å². The Bertz CT molecular complexity index is 930. The molecule has 0 spiro atoms. The molecule has 0 heterocycles. The number of carbonyl (C=O) groups excluding carboxylic acids is 1. The van der Waals surface area contributed by atoms with Gasteiger partial charge in [-0.3, -0.25) is 4.79 Å². The molecule has 2 aromatic rings. The molecule has 0 bridgehead atoms. The van der Waals surface area contributed by atoms with Crippen molar-refractivity contribution >= 4 is 43.3 Å². The number of aliphatic hydroxyl groups is 1. The van der Waals surface area contributed by atoms with Crippen molar-refractivity contribution in [1.29, 1.82) is 0 Å². The van der Waals surface area contributed by atoms with E-state index in [9.17, 15) is 9.90 Å². The summed E-state index contributed by atoms with van der Waals surface area (Å²) in [5, 5.41) is 13.9. The Morgan fingerprint density at radius 2 is 1.90 bits per heavy atom. The van der Waals surface area contributed by atoms with Gasteiger partial charge in [0.1, 0.15) is 0 Å². The molecule has 1 atom stereocenters. The van der Waals surface area contributed by atoms with Gasteiger partial charge in [-0.2, -0.15) is 0 Å². The van der Waals surface area contributed by atoms with Gasteiger partial charge in [-0.25, -0.2) is 0 Å². The van der Waals surface area contributed by atoms with Gasteiger partial charge in [-0.1, -0.05) is 22.0 Å². The lowest BCUT2D eigenvalue weighted by molar-refractivity contribution is -0.146. The molecular weight excluding hydrogens is 528 g/mol. The van der Waals surface area contributed by atoms with Crippen LogP contribution in [-0.2, 0) is 11.3 Å². The Kier molecular flexibility index (Phi) is 8.38. The van der Waals surface area contributed by atoms with Gasteiger partial charge < -0.3 is 25.6 Å². The summed E-state index contributed by atoms with van der Waals surface area (Å²) in [6.45, 7) is 2.57. The third-order valence-electron chi connectivity index (χ3n) is 5.69. The minimum absolute atomic E-state index is 0.214. The molecule has 1 fully saturated rings. The number of aliphatic hydroxyl groups excluding tert-OH is 1. The number of rotatable bonds is 8. The van der Waals surface area contributed by atoms with Gasteiger partial charge in [0.25, 0.3) is 6.29 Å². The van der Waals surface area contributed by atoms with E-state index >= 15 is 0 Å². The molecule has 31 heavy (non-hydrogen) atoms. The molecule has 1 aliphatic rings. The third kappa shape index (κ3) is 6.22. The standard InChI is InChI=1S/C23H28Br2N2O4/c1-13-3-8-19(30-2)20(9-13)31-23(29)22(28)14-4-6-17(7-5-14)27-12-15-10-16(24)11-18(25)21(15)26/h3,8-11,14,17,23,27,29H,4-7,12,26H2,1-2H3. The Morgan fingerprint density at radius 1 is 1.19 bits per heavy atom. The molecule has 0 amide bonds. The molecule has 3 rings (SSSR count). The number of ether oxygens (including phenoxy) is 2. The number of hydrogen-bond acceptors (Lipinski definition) is 6. The number of nitrogen functional groups attached to an aromatic ring is 1. The second-order valence-corrected chi connectivity index (χ2v) is 9.69. The highest BCUT2D eigenvalue weighted by molar-refractivity contribution is 9.11. The summed E-state index contributed by atoms with van der Waals surface area (Å²) >= 11 is 6.97. The number of anilines is 1. The Balaban J connectivity index is 1.51. The van der Waals surface area contributed by atoms with E-state index in [-0.39, 0.29) is 11.7 Å². The van der Waals surface area contributed by atoms with E-state index in [1.807, 2.05) is 25.1 Å². The number of Topliss-reactive ketones (excluding diaryl/α,β-unsaturated/α-hetero) is 1. The Morgan fingerprint density at radius 3 is 2.58 bits per heavy atom. The maximum Gasteiger partial charge on any atom is 0.257 e. The van der Waals surface area contributed by atoms with E-state index in [1.165, 1.54) is 7.11 Å². The minimum Gasteiger partial charge on any atom is -0.493 e. The van der Waals surface area contributed by atoms with Crippen LogP contribution in [0.5, 0.6) is 11.5 Å². The second kappa shape index (κ2) is 10.8. The van der Waals surface area contributed by atoms with Gasteiger partial charge in [-0.15, -0.1) is 0 Å². The van der Waals surface area contributed by atoms with Gasteiger partial charge in [0.2, 0.25) is 5.78 Å². The van der Waals surface area contributed by atoms with E-state index < -0.39 is 6.29 Å². The molecule has 1 aliphatic carbocycles. The van der Waals surface area contributed by atoms with Gasteiger partial charge in [-0.05, 0) is 83.9 Å². The maximum absolute atomic E-state index is 12.7. The highest BCUT2D eigenvalue weighted by Crippen LogP contribution is 2.32. The van der Waals surface area contributed by atoms with Crippen LogP contribution in [0.3, 0.4) is 0 Å². The Labute approximate surface area is 199 Å². The van der Waals surface area contributed by atoms with Crippen molar-refractivity contribution in [1.82, 2.24) is 5.32 Å². The second-order valence-electron chi connectivity index (χ2n) is 7.92. The molecule has 0 aliphatic heterocycles. The molecular formula is C23H28Br2N2O4. The minimum atomic E-state index is -1.50. The Hall–Kier alpha value is -1.61. The molecule has 4 N–H and O–H groups in total. The fourth-order valence-corrected chi connectivity index (χ4v) is 5.19. The first kappa shape index (κ1) is 24.0. The highest BCUT2D eigenvalue weighted by atomic mass is 79.9. The summed E-state index contributed by atoms with van der Waals surface area (Å²) in [5.41, 5.74) is 8.86. The molecule has 8 heteroatoms. The number of hydrogen-bond donors (Lipinski definition) is 3. The van der Waals surface area contributed by atoms with E-state index in [0.717, 1.165) is 38.6 Å². The molecule has 6 nitrogen and oxygen atoms in total. The number of nitrogens with one attached hydrogen (secondary N) is 1. The fraction of sp³-hybridized carbons (Fsp3) is 0.435. The molecule has 2 aromatic carbocycles. The zero-order chi connectivity index (χ0) is 22.5. The van der Waals surface area contributed by atoms with Crippen molar-refractivity contribution in [3.05, 3.63) is 50.4 Å². The molecule has 0 saturated heterocycles.